The molecule has 0 atom stereocenters. The van der Waals surface area contributed by atoms with Crippen LogP contribution in [-0.2, 0) is 4.74 Å². The molecular weight excluding hydrogens is 461 g/mol. The first-order chi connectivity index (χ1) is 12.6. The molecule has 0 unspecified atom stereocenters. The summed E-state index contributed by atoms with van der Waals surface area (Å²) in [6.45, 7) is 2.40. The lowest BCUT2D eigenvalue weighted by molar-refractivity contribution is 0.344. The Hall–Kier alpha value is -2.30. The van der Waals surface area contributed by atoms with E-state index in [9.17, 15) is 5.26 Å². The zero-order valence-electron chi connectivity index (χ0n) is 14.0. The van der Waals surface area contributed by atoms with Crippen LogP contribution < -0.4 is 0 Å². The van der Waals surface area contributed by atoms with Crippen LogP contribution in [0.3, 0.4) is 0 Å². The van der Waals surface area contributed by atoms with Crippen LogP contribution in [0.2, 0.25) is 5.02 Å². The van der Waals surface area contributed by atoms with Crippen molar-refractivity contribution in [3.8, 4) is 22.9 Å². The third kappa shape index (κ3) is 3.92. The van der Waals surface area contributed by atoms with E-state index in [1.165, 1.54) is 6.40 Å². The maximum absolute atomic E-state index is 9.77. The van der Waals surface area contributed by atoms with E-state index in [0.717, 1.165) is 20.4 Å². The Morgan fingerprint density at radius 2 is 1.88 bits per heavy atom. The second-order valence-electron chi connectivity index (χ2n) is 5.40. The van der Waals surface area contributed by atoms with Gasteiger partial charge in [0.15, 0.2) is 12.2 Å². The smallest absolute Gasteiger partial charge is 0.176 e. The highest BCUT2D eigenvalue weighted by molar-refractivity contribution is 14.1. The average Bonchev–Trinajstić information content (AvgIpc) is 3.02. The highest BCUT2D eigenvalue weighted by atomic mass is 127. The largest absolute Gasteiger partial charge is 0.483 e. The first-order valence-electron chi connectivity index (χ1n) is 7.95. The first kappa shape index (κ1) is 18.5. The molecule has 6 heteroatoms. The van der Waals surface area contributed by atoms with Gasteiger partial charge in [0.2, 0.25) is 0 Å². The fraction of sp³-hybridized carbons (Fsp3) is 0.100. The van der Waals surface area contributed by atoms with Crippen molar-refractivity contribution >= 4 is 46.4 Å². The summed E-state index contributed by atoms with van der Waals surface area (Å²) in [7, 11) is 0. The van der Waals surface area contributed by atoms with Gasteiger partial charge in [0.05, 0.1) is 6.61 Å². The summed E-state index contributed by atoms with van der Waals surface area (Å²) in [5, 5.41) is 10.4. The van der Waals surface area contributed by atoms with Crippen molar-refractivity contribution in [2.24, 2.45) is 4.99 Å². The highest BCUT2D eigenvalue weighted by Gasteiger charge is 2.18. The standard InChI is InChI=1S/C20H15ClIN3O/c1-2-26-13-24-20-18(11-23)19(14-3-5-15(21)6-4-14)12-25(20)17-9-7-16(22)8-10-17/h3-10,12-13H,2H2,1H3/b24-13+. The van der Waals surface area contributed by atoms with Crippen molar-refractivity contribution in [2.75, 3.05) is 6.61 Å². The molecular formula is C20H15ClIN3O. The number of ether oxygens (including phenoxy) is 1. The van der Waals surface area contributed by atoms with E-state index in [1.54, 1.807) is 0 Å². The minimum atomic E-state index is 0.488. The maximum Gasteiger partial charge on any atom is 0.176 e. The first-order valence-corrected chi connectivity index (χ1v) is 9.41. The Kier molecular flexibility index (Phi) is 5.96. The topological polar surface area (TPSA) is 50.3 Å². The molecule has 0 radical (unpaired) electrons. The van der Waals surface area contributed by atoms with Gasteiger partial charge in [0.25, 0.3) is 0 Å². The summed E-state index contributed by atoms with van der Waals surface area (Å²) >= 11 is 8.25. The van der Waals surface area contributed by atoms with Crippen LogP contribution in [0.5, 0.6) is 0 Å². The Morgan fingerprint density at radius 3 is 2.50 bits per heavy atom. The molecule has 0 saturated heterocycles. The van der Waals surface area contributed by atoms with Crippen molar-refractivity contribution in [3.05, 3.63) is 68.9 Å². The Balaban J connectivity index is 2.20. The van der Waals surface area contributed by atoms with E-state index in [-0.39, 0.29) is 0 Å². The normalized spacial score (nSPS) is 10.8. The highest BCUT2D eigenvalue weighted by Crippen LogP contribution is 2.35. The van der Waals surface area contributed by atoms with Gasteiger partial charge in [-0.2, -0.15) is 5.26 Å². The number of hydrogen-bond donors (Lipinski definition) is 0. The van der Waals surface area contributed by atoms with Gasteiger partial charge in [-0.05, 0) is 71.5 Å². The molecule has 0 fully saturated rings. The van der Waals surface area contributed by atoms with Crippen molar-refractivity contribution in [1.82, 2.24) is 4.57 Å². The lowest BCUT2D eigenvalue weighted by Crippen LogP contribution is -1.93. The van der Waals surface area contributed by atoms with E-state index in [4.69, 9.17) is 16.3 Å². The Bertz CT molecular complexity index is 970. The van der Waals surface area contributed by atoms with Crippen LogP contribution in [0, 0.1) is 14.9 Å². The summed E-state index contributed by atoms with van der Waals surface area (Å²) in [6, 6.07) is 17.7. The van der Waals surface area contributed by atoms with Crippen molar-refractivity contribution < 1.29 is 4.74 Å². The number of aromatic nitrogens is 1. The van der Waals surface area contributed by atoms with Gasteiger partial charge in [-0.15, -0.1) is 0 Å². The molecule has 0 spiro atoms. The quantitative estimate of drug-likeness (QED) is 0.259. The van der Waals surface area contributed by atoms with Gasteiger partial charge in [-0.1, -0.05) is 23.7 Å². The van der Waals surface area contributed by atoms with Crippen molar-refractivity contribution in [1.29, 1.82) is 5.26 Å². The SMILES string of the molecule is CCO/C=N/c1c(C#N)c(-c2ccc(Cl)cc2)cn1-c1ccc(I)cc1. The van der Waals surface area contributed by atoms with E-state index in [0.29, 0.717) is 23.0 Å². The van der Waals surface area contributed by atoms with Gasteiger partial charge in [-0.25, -0.2) is 4.99 Å². The van der Waals surface area contributed by atoms with Crippen LogP contribution in [-0.4, -0.2) is 17.6 Å². The van der Waals surface area contributed by atoms with Crippen LogP contribution in [0.4, 0.5) is 5.82 Å². The molecule has 1 heterocycles. The molecule has 0 amide bonds. The molecule has 0 bridgehead atoms. The lowest BCUT2D eigenvalue weighted by atomic mass is 10.1. The Morgan fingerprint density at radius 1 is 1.19 bits per heavy atom. The number of rotatable bonds is 5. The number of halogens is 2. The minimum absolute atomic E-state index is 0.488. The van der Waals surface area contributed by atoms with Gasteiger partial charge in [0.1, 0.15) is 11.6 Å². The number of nitriles is 1. The van der Waals surface area contributed by atoms with Crippen LogP contribution in [0.15, 0.2) is 59.7 Å². The van der Waals surface area contributed by atoms with Gasteiger partial charge >= 0.3 is 0 Å². The van der Waals surface area contributed by atoms with Crippen LogP contribution >= 0.6 is 34.2 Å². The number of nitrogens with zero attached hydrogens (tertiary/aromatic N) is 3. The van der Waals surface area contributed by atoms with E-state index < -0.39 is 0 Å². The number of hydrogen-bond acceptors (Lipinski definition) is 3. The second-order valence-corrected chi connectivity index (χ2v) is 7.08. The Labute approximate surface area is 170 Å². The molecule has 26 heavy (non-hydrogen) atoms. The third-order valence-corrected chi connectivity index (χ3v) is 4.74. The summed E-state index contributed by atoms with van der Waals surface area (Å²) in [4.78, 5) is 4.39. The van der Waals surface area contributed by atoms with Crippen molar-refractivity contribution in [3.63, 3.8) is 0 Å². The summed E-state index contributed by atoms with van der Waals surface area (Å²) in [6.07, 6.45) is 3.30. The zero-order chi connectivity index (χ0) is 18.5. The molecule has 3 aromatic rings. The summed E-state index contributed by atoms with van der Waals surface area (Å²) in [5.74, 6) is 0.534. The molecule has 0 aliphatic heterocycles. The third-order valence-electron chi connectivity index (χ3n) is 3.77. The average molecular weight is 476 g/mol. The zero-order valence-corrected chi connectivity index (χ0v) is 16.9. The predicted molar refractivity (Wildman–Crippen MR) is 113 cm³/mol. The second kappa shape index (κ2) is 8.39. The van der Waals surface area contributed by atoms with Gasteiger partial charge < -0.3 is 4.74 Å². The molecule has 3 rings (SSSR count). The molecule has 4 nitrogen and oxygen atoms in total. The predicted octanol–water partition coefficient (Wildman–Crippen LogP) is 5.97. The molecule has 0 N–H and O–H groups in total. The summed E-state index contributed by atoms with van der Waals surface area (Å²) < 4.78 is 8.28. The fourth-order valence-electron chi connectivity index (χ4n) is 2.54. The maximum atomic E-state index is 9.77. The number of benzene rings is 2. The molecule has 130 valence electrons. The van der Waals surface area contributed by atoms with E-state index in [1.807, 2.05) is 66.2 Å². The molecule has 0 saturated carbocycles. The molecule has 1 aromatic heterocycles. The monoisotopic (exact) mass is 475 g/mol. The minimum Gasteiger partial charge on any atom is -0.483 e. The fourth-order valence-corrected chi connectivity index (χ4v) is 3.03. The van der Waals surface area contributed by atoms with E-state index in [2.05, 4.69) is 33.7 Å². The van der Waals surface area contributed by atoms with E-state index >= 15 is 0 Å². The summed E-state index contributed by atoms with van der Waals surface area (Å²) in [5.41, 5.74) is 3.11. The van der Waals surface area contributed by atoms with Crippen LogP contribution in [0.25, 0.3) is 16.8 Å². The van der Waals surface area contributed by atoms with Crippen molar-refractivity contribution in [2.45, 2.75) is 6.92 Å². The molecule has 0 aliphatic carbocycles. The van der Waals surface area contributed by atoms with Crippen LogP contribution in [0.1, 0.15) is 12.5 Å². The van der Waals surface area contributed by atoms with Gasteiger partial charge in [-0.3, -0.25) is 4.57 Å². The lowest BCUT2D eigenvalue weighted by Gasteiger charge is -2.06. The number of aliphatic imine (C=N–C) groups is 1. The van der Waals surface area contributed by atoms with Gasteiger partial charge in [0, 0.05) is 26.0 Å². The molecule has 0 aliphatic rings. The molecule has 2 aromatic carbocycles.